The summed E-state index contributed by atoms with van der Waals surface area (Å²) >= 11 is 0. The molecule has 1 fully saturated rings. The van der Waals surface area contributed by atoms with E-state index in [1.54, 1.807) is 0 Å². The molecule has 0 unspecified atom stereocenters. The number of hydrogen-bond donors (Lipinski definition) is 5. The van der Waals surface area contributed by atoms with Crippen LogP contribution in [0.2, 0.25) is 0 Å². The van der Waals surface area contributed by atoms with E-state index in [4.69, 9.17) is 9.47 Å². The fourth-order valence-corrected chi connectivity index (χ4v) is 6.10. The predicted octanol–water partition coefficient (Wildman–Crippen LogP) is 2.84. The lowest BCUT2D eigenvalue weighted by Crippen LogP contribution is -2.55. The molecule has 0 aliphatic carbocycles. The summed E-state index contributed by atoms with van der Waals surface area (Å²) in [5.74, 6) is -8.60. The van der Waals surface area contributed by atoms with Crippen molar-refractivity contribution in [2.24, 2.45) is 0 Å². The van der Waals surface area contributed by atoms with Crippen LogP contribution >= 0.6 is 0 Å². The summed E-state index contributed by atoms with van der Waals surface area (Å²) < 4.78 is 70.5. The average molecular weight is 573 g/mol. The summed E-state index contributed by atoms with van der Waals surface area (Å²) in [5, 5.41) is 34.0. The molecule has 0 spiro atoms. The van der Waals surface area contributed by atoms with Crippen molar-refractivity contribution in [2.45, 2.75) is 30.6 Å². The average Bonchev–Trinajstić information content (AvgIpc) is 3.55. The van der Waals surface area contributed by atoms with Gasteiger partial charge in [-0.2, -0.15) is 0 Å². The first-order valence-corrected chi connectivity index (χ1v) is 12.3. The Kier molecular flexibility index (Phi) is 5.34. The Hall–Kier alpha value is -4.08. The molecule has 0 radical (unpaired) electrons. The molecular weight excluding hydrogens is 554 g/mol. The number of carbonyl (C=O) groups is 2. The van der Waals surface area contributed by atoms with Crippen LogP contribution in [0.4, 0.5) is 17.6 Å². The number of aromatic nitrogens is 2. The second-order valence-electron chi connectivity index (χ2n) is 10.1. The van der Waals surface area contributed by atoms with Gasteiger partial charge in [0.25, 0.3) is 11.8 Å². The number of H-pyrrole nitrogens is 1. The first-order valence-electron chi connectivity index (χ1n) is 12.3. The minimum Gasteiger partial charge on any atom is -0.391 e. The van der Waals surface area contributed by atoms with Gasteiger partial charge in [0.05, 0.1) is 40.4 Å². The number of rotatable bonds is 3. The highest BCUT2D eigenvalue weighted by Gasteiger charge is 2.49. The van der Waals surface area contributed by atoms with Gasteiger partial charge in [0.15, 0.2) is 35.3 Å². The lowest BCUT2D eigenvalue weighted by atomic mass is 9.96. The third-order valence-electron chi connectivity index (χ3n) is 7.96. The van der Waals surface area contributed by atoms with Crippen LogP contribution in [0.25, 0.3) is 43.6 Å². The van der Waals surface area contributed by atoms with Crippen molar-refractivity contribution in [2.75, 3.05) is 13.7 Å². The molecule has 2 amide bonds. The number of methoxy groups -OCH3 is 1. The normalized spacial score (nSPS) is 24.7. The molecule has 5 aromatic rings. The van der Waals surface area contributed by atoms with Gasteiger partial charge in [-0.1, -0.05) is 0 Å². The Labute approximate surface area is 225 Å². The van der Waals surface area contributed by atoms with Gasteiger partial charge in [-0.15, -0.1) is 0 Å². The summed E-state index contributed by atoms with van der Waals surface area (Å²) in [5.41, 5.74) is -0.570. The van der Waals surface area contributed by atoms with E-state index in [0.29, 0.717) is 0 Å². The third-order valence-corrected chi connectivity index (χ3v) is 7.96. The molecule has 14 heteroatoms. The fraction of sp³-hybridized carbons (Fsp3) is 0.259. The van der Waals surface area contributed by atoms with E-state index in [-0.39, 0.29) is 61.2 Å². The van der Waals surface area contributed by atoms with Crippen LogP contribution in [-0.4, -0.2) is 68.4 Å². The van der Waals surface area contributed by atoms with Gasteiger partial charge < -0.3 is 34.3 Å². The van der Waals surface area contributed by atoms with Gasteiger partial charge >= 0.3 is 0 Å². The molecule has 4 atom stereocenters. The number of nitrogens with one attached hydrogen (secondary N) is 2. The molecule has 0 saturated carbocycles. The molecule has 7 rings (SSSR count). The molecule has 1 saturated heterocycles. The summed E-state index contributed by atoms with van der Waals surface area (Å²) in [7, 11) is 1.19. The van der Waals surface area contributed by atoms with Crippen molar-refractivity contribution in [1.29, 1.82) is 0 Å². The Morgan fingerprint density at radius 3 is 2.24 bits per heavy atom. The summed E-state index contributed by atoms with van der Waals surface area (Å²) in [6, 6.07) is 3.27. The van der Waals surface area contributed by atoms with Crippen LogP contribution in [-0.2, 0) is 9.47 Å². The standard InChI is InChI=1S/C27H19F4N3O7/c1-40-27(7-35)6-16(36)23(37)26(41-27)34-15-5-13(31)11(29)3-9(15)18-20-19(24(38)33-25(20)39)17-8-2-10(28)12(30)4-14(8)32-21(17)22(18)34/h2-5,16,23,26,32,35-37H,6-7H2,1H3,(H,33,38,39)/t16-,23+,26+,27-/m0/s1. The second-order valence-corrected chi connectivity index (χ2v) is 10.1. The highest BCUT2D eigenvalue weighted by molar-refractivity contribution is 6.39. The zero-order valence-corrected chi connectivity index (χ0v) is 20.9. The van der Waals surface area contributed by atoms with Crippen molar-refractivity contribution in [3.63, 3.8) is 0 Å². The van der Waals surface area contributed by atoms with E-state index >= 15 is 0 Å². The molecule has 2 aliphatic heterocycles. The molecule has 0 bridgehead atoms. The van der Waals surface area contributed by atoms with Crippen LogP contribution in [0, 0.1) is 23.3 Å². The van der Waals surface area contributed by atoms with Crippen molar-refractivity contribution < 1.29 is 51.9 Å². The van der Waals surface area contributed by atoms with E-state index in [9.17, 15) is 42.5 Å². The lowest BCUT2D eigenvalue weighted by Gasteiger charge is -2.44. The molecule has 3 aromatic carbocycles. The molecule has 5 N–H and O–H groups in total. The van der Waals surface area contributed by atoms with E-state index in [1.807, 2.05) is 0 Å². The Balaban J connectivity index is 1.74. The number of aliphatic hydroxyl groups is 3. The zero-order valence-electron chi connectivity index (χ0n) is 20.9. The van der Waals surface area contributed by atoms with Gasteiger partial charge in [-0.25, -0.2) is 17.6 Å². The van der Waals surface area contributed by atoms with Crippen molar-refractivity contribution in [3.8, 4) is 0 Å². The Morgan fingerprint density at radius 1 is 0.976 bits per heavy atom. The number of halogens is 4. The maximum atomic E-state index is 14.7. The smallest absolute Gasteiger partial charge is 0.259 e. The van der Waals surface area contributed by atoms with Crippen LogP contribution < -0.4 is 5.32 Å². The number of aromatic amines is 1. The van der Waals surface area contributed by atoms with Crippen molar-refractivity contribution in [1.82, 2.24) is 14.9 Å². The van der Waals surface area contributed by atoms with E-state index in [1.165, 1.54) is 11.7 Å². The number of aliphatic hydroxyl groups excluding tert-OH is 3. The van der Waals surface area contributed by atoms with Crippen molar-refractivity contribution >= 4 is 55.4 Å². The van der Waals surface area contributed by atoms with Crippen LogP contribution in [0.15, 0.2) is 24.3 Å². The molecule has 2 aromatic heterocycles. The number of carbonyl (C=O) groups excluding carboxylic acids is 2. The van der Waals surface area contributed by atoms with E-state index < -0.39 is 65.9 Å². The lowest BCUT2D eigenvalue weighted by molar-refractivity contribution is -0.337. The monoisotopic (exact) mass is 573 g/mol. The van der Waals surface area contributed by atoms with Crippen molar-refractivity contribution in [3.05, 3.63) is 58.7 Å². The maximum Gasteiger partial charge on any atom is 0.259 e. The molecule has 10 nitrogen and oxygen atoms in total. The van der Waals surface area contributed by atoms with E-state index in [0.717, 1.165) is 24.3 Å². The molecule has 212 valence electrons. The Bertz CT molecular complexity index is 2000. The van der Waals surface area contributed by atoms with Gasteiger partial charge in [0.1, 0.15) is 6.10 Å². The summed E-state index contributed by atoms with van der Waals surface area (Å²) in [6.45, 7) is -0.767. The molecule has 4 heterocycles. The SMILES string of the molecule is CO[C@@]1(CO)C[C@H](O)[C@@H](O)[C@H](n2c3cc(F)c(F)cc3c3c4c(c5c6cc(F)c(F)cc6[nH]c5c32)C(=O)NC4=O)O1. The number of ether oxygens (including phenoxy) is 2. The van der Waals surface area contributed by atoms with Crippen LogP contribution in [0.1, 0.15) is 33.4 Å². The fourth-order valence-electron chi connectivity index (χ4n) is 6.10. The number of benzene rings is 3. The third kappa shape index (κ3) is 3.30. The molecule has 41 heavy (non-hydrogen) atoms. The van der Waals surface area contributed by atoms with Gasteiger partial charge in [0.2, 0.25) is 0 Å². The highest BCUT2D eigenvalue weighted by atomic mass is 19.2. The summed E-state index contributed by atoms with van der Waals surface area (Å²) in [6.07, 6.45) is -5.27. The van der Waals surface area contributed by atoms with E-state index in [2.05, 4.69) is 10.3 Å². The number of hydrogen-bond acceptors (Lipinski definition) is 7. The Morgan fingerprint density at radius 2 is 1.59 bits per heavy atom. The van der Waals surface area contributed by atoms with Crippen LogP contribution in [0.5, 0.6) is 0 Å². The van der Waals surface area contributed by atoms with Crippen LogP contribution in [0.3, 0.4) is 0 Å². The zero-order chi connectivity index (χ0) is 29.1. The number of nitrogens with zero attached hydrogens (tertiary/aromatic N) is 1. The summed E-state index contributed by atoms with van der Waals surface area (Å²) in [4.78, 5) is 29.1. The first-order chi connectivity index (χ1) is 19.5. The highest BCUT2D eigenvalue weighted by Crippen LogP contribution is 2.47. The maximum absolute atomic E-state index is 14.7. The number of fused-ring (bicyclic) bond motifs is 10. The van der Waals surface area contributed by atoms with Gasteiger partial charge in [-0.05, 0) is 12.1 Å². The first kappa shape index (κ1) is 25.9. The van der Waals surface area contributed by atoms with Gasteiger partial charge in [-0.3, -0.25) is 14.9 Å². The second kappa shape index (κ2) is 8.47. The molecule has 2 aliphatic rings. The quantitative estimate of drug-likeness (QED) is 0.165. The minimum atomic E-state index is -1.83. The largest absolute Gasteiger partial charge is 0.391 e. The predicted molar refractivity (Wildman–Crippen MR) is 134 cm³/mol. The molecular formula is C27H19F4N3O7. The minimum absolute atomic E-state index is 0.000704. The van der Waals surface area contributed by atoms with Gasteiger partial charge in [0, 0.05) is 52.7 Å². The number of amides is 2. The number of imide groups is 1. The topological polar surface area (TPSA) is 146 Å².